The summed E-state index contributed by atoms with van der Waals surface area (Å²) in [5, 5.41) is 0. The van der Waals surface area contributed by atoms with Crippen LogP contribution < -0.4 is 0 Å². The normalized spacial score (nSPS) is 19.4. The molecule has 0 aliphatic heterocycles. The summed E-state index contributed by atoms with van der Waals surface area (Å²) >= 11 is 0. The Morgan fingerprint density at radius 2 is 1.09 bits per heavy atom. The molecule has 0 fully saturated rings. The van der Waals surface area contributed by atoms with Crippen molar-refractivity contribution in [2.45, 2.75) is 34.6 Å². The zero-order valence-electron chi connectivity index (χ0n) is 8.58. The molecule has 1 rings (SSSR count). The van der Waals surface area contributed by atoms with Crippen molar-refractivity contribution in [2.24, 2.45) is 5.92 Å². The van der Waals surface area contributed by atoms with Crippen molar-refractivity contribution in [2.75, 3.05) is 0 Å². The van der Waals surface area contributed by atoms with Gasteiger partial charge in [-0.05, 0) is 44.8 Å². The summed E-state index contributed by atoms with van der Waals surface area (Å²) < 4.78 is 0. The Kier molecular flexibility index (Phi) is 4.82. The number of hydrogen-bond donors (Lipinski definition) is 0. The molecule has 0 aromatic heterocycles. The molecule has 1 radical (unpaired) electrons. The zero-order valence-corrected chi connectivity index (χ0v) is 11.7. The minimum absolute atomic E-state index is 0. The summed E-state index contributed by atoms with van der Waals surface area (Å²) in [5.41, 5.74) is 6.11. The molecule has 11 heavy (non-hydrogen) atoms. The molecule has 0 saturated heterocycles. The Morgan fingerprint density at radius 3 is 1.18 bits per heavy atom. The third-order valence-corrected chi connectivity index (χ3v) is 3.04. The summed E-state index contributed by atoms with van der Waals surface area (Å²) in [6.07, 6.45) is 0. The largest absolute Gasteiger partial charge is 0.0632 e. The summed E-state index contributed by atoms with van der Waals surface area (Å²) in [7, 11) is 0. The summed E-state index contributed by atoms with van der Waals surface area (Å²) in [4.78, 5) is 0. The average molecular weight is 175 g/mol. The SMILES string of the molecule is CC1=C(C)C(C)C(C)=C1C.[K]. The van der Waals surface area contributed by atoms with Gasteiger partial charge in [-0.3, -0.25) is 0 Å². The van der Waals surface area contributed by atoms with Crippen LogP contribution in [0.2, 0.25) is 0 Å². The third-order valence-electron chi connectivity index (χ3n) is 3.04. The molecule has 0 unspecified atom stereocenters. The van der Waals surface area contributed by atoms with Gasteiger partial charge < -0.3 is 0 Å². The van der Waals surface area contributed by atoms with Gasteiger partial charge in [0.05, 0.1) is 0 Å². The Morgan fingerprint density at radius 1 is 0.818 bits per heavy atom. The van der Waals surface area contributed by atoms with Crippen molar-refractivity contribution >= 4 is 51.4 Å². The van der Waals surface area contributed by atoms with E-state index in [1.54, 1.807) is 11.1 Å². The molecule has 0 bridgehead atoms. The van der Waals surface area contributed by atoms with Gasteiger partial charge >= 0.3 is 0 Å². The standard InChI is InChI=1S/C10H16.K/c1-6-7(2)9(4)10(5)8(6)3;/h6H,1-5H3;. The minimum Gasteiger partial charge on any atom is -0.0632 e. The van der Waals surface area contributed by atoms with Crippen LogP contribution in [0.3, 0.4) is 0 Å². The summed E-state index contributed by atoms with van der Waals surface area (Å²) in [6, 6.07) is 0. The quantitative estimate of drug-likeness (QED) is 0.497. The monoisotopic (exact) mass is 175 g/mol. The first-order valence-electron chi connectivity index (χ1n) is 3.90. The molecule has 57 valence electrons. The molecule has 0 heterocycles. The van der Waals surface area contributed by atoms with Crippen molar-refractivity contribution < 1.29 is 0 Å². The molecule has 0 aromatic rings. The van der Waals surface area contributed by atoms with Crippen molar-refractivity contribution in [3.63, 3.8) is 0 Å². The van der Waals surface area contributed by atoms with Gasteiger partial charge in [0.15, 0.2) is 0 Å². The van der Waals surface area contributed by atoms with Crippen LogP contribution in [0.25, 0.3) is 0 Å². The molecule has 1 heteroatoms. The van der Waals surface area contributed by atoms with Crippen molar-refractivity contribution in [1.29, 1.82) is 0 Å². The van der Waals surface area contributed by atoms with Gasteiger partial charge in [0, 0.05) is 51.4 Å². The molecular weight excluding hydrogens is 159 g/mol. The molecular formula is C10H16K. The molecule has 0 N–H and O–H groups in total. The van der Waals surface area contributed by atoms with E-state index >= 15 is 0 Å². The second kappa shape index (κ2) is 4.38. The average Bonchev–Trinajstić information content (AvgIpc) is 2.07. The van der Waals surface area contributed by atoms with Crippen LogP contribution in [0.15, 0.2) is 22.3 Å². The minimum atomic E-state index is 0. The van der Waals surface area contributed by atoms with Gasteiger partial charge in [0.25, 0.3) is 0 Å². The van der Waals surface area contributed by atoms with Crippen LogP contribution in [-0.4, -0.2) is 51.4 Å². The Labute approximate surface area is 113 Å². The maximum Gasteiger partial charge on any atom is 0 e. The second-order valence-corrected chi connectivity index (χ2v) is 3.34. The van der Waals surface area contributed by atoms with Crippen LogP contribution in [-0.2, 0) is 0 Å². The molecule has 0 saturated carbocycles. The van der Waals surface area contributed by atoms with Gasteiger partial charge in [-0.15, -0.1) is 0 Å². The van der Waals surface area contributed by atoms with Crippen LogP contribution in [0.5, 0.6) is 0 Å². The topological polar surface area (TPSA) is 0 Å². The molecule has 0 spiro atoms. The molecule has 0 nitrogen and oxygen atoms in total. The van der Waals surface area contributed by atoms with E-state index in [2.05, 4.69) is 34.6 Å². The van der Waals surface area contributed by atoms with E-state index in [1.807, 2.05) is 0 Å². The van der Waals surface area contributed by atoms with Crippen molar-refractivity contribution in [1.82, 2.24) is 0 Å². The smallest absolute Gasteiger partial charge is 0 e. The maximum atomic E-state index is 2.28. The maximum absolute atomic E-state index is 2.28. The molecule has 1 aliphatic carbocycles. The first-order valence-corrected chi connectivity index (χ1v) is 3.90. The van der Waals surface area contributed by atoms with Crippen molar-refractivity contribution in [3.8, 4) is 0 Å². The fourth-order valence-electron chi connectivity index (χ4n) is 1.57. The Bertz CT molecular complexity index is 197. The predicted octanol–water partition coefficient (Wildman–Crippen LogP) is 2.93. The second-order valence-electron chi connectivity index (χ2n) is 3.34. The van der Waals surface area contributed by atoms with Crippen LogP contribution >= 0.6 is 0 Å². The number of allylic oxidation sites excluding steroid dienone is 4. The fourth-order valence-corrected chi connectivity index (χ4v) is 1.57. The number of hydrogen-bond acceptors (Lipinski definition) is 0. The zero-order chi connectivity index (χ0) is 7.89. The first kappa shape index (κ1) is 12.1. The molecule has 1 aliphatic rings. The van der Waals surface area contributed by atoms with Crippen LogP contribution in [0.4, 0.5) is 0 Å². The van der Waals surface area contributed by atoms with E-state index in [4.69, 9.17) is 0 Å². The molecule has 0 amide bonds. The van der Waals surface area contributed by atoms with E-state index in [-0.39, 0.29) is 51.4 Å². The van der Waals surface area contributed by atoms with E-state index in [1.165, 1.54) is 11.1 Å². The van der Waals surface area contributed by atoms with Crippen LogP contribution in [0.1, 0.15) is 34.6 Å². The Balaban J connectivity index is 0.000001000. The summed E-state index contributed by atoms with van der Waals surface area (Å²) in [6.45, 7) is 11.2. The molecule has 0 aromatic carbocycles. The van der Waals surface area contributed by atoms with Gasteiger partial charge in [0.1, 0.15) is 0 Å². The predicted molar refractivity (Wildman–Crippen MR) is 51.7 cm³/mol. The van der Waals surface area contributed by atoms with E-state index in [0.29, 0.717) is 5.92 Å². The van der Waals surface area contributed by atoms with E-state index < -0.39 is 0 Å². The van der Waals surface area contributed by atoms with E-state index in [0.717, 1.165) is 0 Å². The van der Waals surface area contributed by atoms with Crippen LogP contribution in [0, 0.1) is 5.92 Å². The van der Waals surface area contributed by atoms with E-state index in [9.17, 15) is 0 Å². The molecule has 0 atom stereocenters. The van der Waals surface area contributed by atoms with Gasteiger partial charge in [0.2, 0.25) is 0 Å². The Hall–Kier alpha value is 1.12. The van der Waals surface area contributed by atoms with Crippen molar-refractivity contribution in [3.05, 3.63) is 22.3 Å². The summed E-state index contributed by atoms with van der Waals surface area (Å²) in [5.74, 6) is 0.694. The fraction of sp³-hybridized carbons (Fsp3) is 0.600. The van der Waals surface area contributed by atoms with Gasteiger partial charge in [-0.2, -0.15) is 0 Å². The third kappa shape index (κ3) is 2.07. The van der Waals surface area contributed by atoms with Gasteiger partial charge in [-0.25, -0.2) is 0 Å². The first-order chi connectivity index (χ1) is 4.55. The van der Waals surface area contributed by atoms with Gasteiger partial charge in [-0.1, -0.05) is 18.1 Å². The number of rotatable bonds is 0.